The fourth-order valence-electron chi connectivity index (χ4n) is 1.61. The van der Waals surface area contributed by atoms with Crippen LogP contribution in [0.3, 0.4) is 0 Å². The average molecular weight is 251 g/mol. The van der Waals surface area contributed by atoms with Crippen LogP contribution in [0.5, 0.6) is 5.75 Å². The lowest BCUT2D eigenvalue weighted by Crippen LogP contribution is -2.36. The second kappa shape index (κ2) is 6.64. The molecule has 5 nitrogen and oxygen atoms in total. The van der Waals surface area contributed by atoms with Crippen molar-refractivity contribution in [3.05, 3.63) is 29.8 Å². The predicted octanol–water partition coefficient (Wildman–Crippen LogP) is 1.17. The lowest BCUT2D eigenvalue weighted by atomic mass is 10.1. The largest absolute Gasteiger partial charge is 0.497 e. The highest BCUT2D eigenvalue weighted by molar-refractivity contribution is 5.83. The molecule has 1 rings (SSSR count). The summed E-state index contributed by atoms with van der Waals surface area (Å²) < 4.78 is 5.07. The first-order valence-electron chi connectivity index (χ1n) is 5.69. The van der Waals surface area contributed by atoms with E-state index in [0.717, 1.165) is 5.56 Å². The molecule has 0 radical (unpaired) electrons. The highest BCUT2D eigenvalue weighted by Gasteiger charge is 2.15. The van der Waals surface area contributed by atoms with Gasteiger partial charge in [0.1, 0.15) is 12.3 Å². The van der Waals surface area contributed by atoms with E-state index in [1.54, 1.807) is 32.2 Å². The molecule has 0 aromatic heterocycles. The molecule has 1 N–H and O–H groups in total. The van der Waals surface area contributed by atoms with Crippen LogP contribution in [0, 0.1) is 0 Å². The summed E-state index contributed by atoms with van der Waals surface area (Å²) in [4.78, 5) is 23.8. The highest BCUT2D eigenvalue weighted by atomic mass is 16.5. The number of ether oxygens (including phenoxy) is 1. The fourth-order valence-corrected chi connectivity index (χ4v) is 1.61. The molecule has 0 unspecified atom stereocenters. The minimum Gasteiger partial charge on any atom is -0.497 e. The minimum atomic E-state index is -1.00. The fraction of sp³-hybridized carbons (Fsp3) is 0.385. The number of carbonyl (C=O) groups excluding carboxylic acids is 1. The van der Waals surface area contributed by atoms with Crippen LogP contribution >= 0.6 is 0 Å². The first-order valence-corrected chi connectivity index (χ1v) is 5.69. The Morgan fingerprint density at radius 3 is 2.67 bits per heavy atom. The van der Waals surface area contributed by atoms with E-state index in [1.807, 2.05) is 6.07 Å². The first kappa shape index (κ1) is 14.0. The third-order valence-corrected chi connectivity index (χ3v) is 2.55. The summed E-state index contributed by atoms with van der Waals surface area (Å²) in [6.07, 6.45) is 0.179. The van der Waals surface area contributed by atoms with E-state index in [1.165, 1.54) is 4.90 Å². The van der Waals surface area contributed by atoms with Gasteiger partial charge in [0.2, 0.25) is 5.91 Å². The number of amides is 1. The van der Waals surface area contributed by atoms with Gasteiger partial charge in [0.05, 0.1) is 13.5 Å². The van der Waals surface area contributed by atoms with E-state index in [9.17, 15) is 9.59 Å². The molecule has 0 bridgehead atoms. The number of hydrogen-bond donors (Lipinski definition) is 1. The second-order valence-corrected chi connectivity index (χ2v) is 3.83. The van der Waals surface area contributed by atoms with Gasteiger partial charge in [-0.15, -0.1) is 0 Å². The standard InChI is InChI=1S/C13H17NO4/c1-3-14(9-13(16)17)12(15)8-10-5-4-6-11(7-10)18-2/h4-7H,3,8-9H2,1-2H3,(H,16,17). The number of benzene rings is 1. The molecule has 98 valence electrons. The zero-order chi connectivity index (χ0) is 13.5. The van der Waals surface area contributed by atoms with Gasteiger partial charge in [-0.2, -0.15) is 0 Å². The van der Waals surface area contributed by atoms with Crippen molar-refractivity contribution in [2.24, 2.45) is 0 Å². The maximum atomic E-state index is 11.9. The maximum absolute atomic E-state index is 11.9. The van der Waals surface area contributed by atoms with E-state index in [2.05, 4.69) is 0 Å². The summed E-state index contributed by atoms with van der Waals surface area (Å²) in [5.41, 5.74) is 0.809. The molecule has 1 aromatic rings. The lowest BCUT2D eigenvalue weighted by molar-refractivity contribution is -0.144. The van der Waals surface area contributed by atoms with Crippen molar-refractivity contribution in [3.8, 4) is 5.75 Å². The van der Waals surface area contributed by atoms with E-state index < -0.39 is 5.97 Å². The summed E-state index contributed by atoms with van der Waals surface area (Å²) in [5, 5.41) is 8.70. The summed E-state index contributed by atoms with van der Waals surface area (Å²) in [6.45, 7) is 1.88. The quantitative estimate of drug-likeness (QED) is 0.824. The van der Waals surface area contributed by atoms with Crippen molar-refractivity contribution in [1.82, 2.24) is 4.90 Å². The molecule has 18 heavy (non-hydrogen) atoms. The van der Waals surface area contributed by atoms with E-state index in [0.29, 0.717) is 12.3 Å². The smallest absolute Gasteiger partial charge is 0.323 e. The van der Waals surface area contributed by atoms with Crippen LogP contribution in [0.25, 0.3) is 0 Å². The van der Waals surface area contributed by atoms with Crippen molar-refractivity contribution in [3.63, 3.8) is 0 Å². The van der Waals surface area contributed by atoms with Crippen LogP contribution in [0.15, 0.2) is 24.3 Å². The molecule has 1 amide bonds. The predicted molar refractivity (Wildman–Crippen MR) is 66.6 cm³/mol. The van der Waals surface area contributed by atoms with Crippen LogP contribution in [-0.2, 0) is 16.0 Å². The van der Waals surface area contributed by atoms with E-state index in [4.69, 9.17) is 9.84 Å². The number of aliphatic carboxylic acids is 1. The summed E-state index contributed by atoms with van der Waals surface area (Å²) >= 11 is 0. The molecule has 0 atom stereocenters. The first-order chi connectivity index (χ1) is 8.56. The van der Waals surface area contributed by atoms with Gasteiger partial charge in [-0.1, -0.05) is 12.1 Å². The van der Waals surface area contributed by atoms with Crippen molar-refractivity contribution in [1.29, 1.82) is 0 Å². The number of carbonyl (C=O) groups is 2. The van der Waals surface area contributed by atoms with Gasteiger partial charge in [-0.3, -0.25) is 9.59 Å². The number of nitrogens with zero attached hydrogens (tertiary/aromatic N) is 1. The number of carboxylic acid groups (broad SMARTS) is 1. The highest BCUT2D eigenvalue weighted by Crippen LogP contribution is 2.13. The Morgan fingerprint density at radius 1 is 1.39 bits per heavy atom. The molecule has 0 saturated heterocycles. The SMILES string of the molecule is CCN(CC(=O)O)C(=O)Cc1cccc(OC)c1. The molecular formula is C13H17NO4. The van der Waals surface area contributed by atoms with Gasteiger partial charge < -0.3 is 14.7 Å². The van der Waals surface area contributed by atoms with Crippen LogP contribution in [0.2, 0.25) is 0 Å². The Hall–Kier alpha value is -2.04. The van der Waals surface area contributed by atoms with Crippen molar-refractivity contribution in [2.75, 3.05) is 20.2 Å². The van der Waals surface area contributed by atoms with Crippen molar-refractivity contribution >= 4 is 11.9 Å². The third-order valence-electron chi connectivity index (χ3n) is 2.55. The van der Waals surface area contributed by atoms with E-state index >= 15 is 0 Å². The monoisotopic (exact) mass is 251 g/mol. The number of likely N-dealkylation sites (N-methyl/N-ethyl adjacent to an activating group) is 1. The Morgan fingerprint density at radius 2 is 2.11 bits per heavy atom. The van der Waals surface area contributed by atoms with Crippen LogP contribution < -0.4 is 4.74 Å². The van der Waals surface area contributed by atoms with Gasteiger partial charge in [-0.25, -0.2) is 0 Å². The van der Waals surface area contributed by atoms with Crippen LogP contribution in [0.1, 0.15) is 12.5 Å². The summed E-state index contributed by atoms with van der Waals surface area (Å²) in [6, 6.07) is 7.18. The average Bonchev–Trinajstić information content (AvgIpc) is 2.35. The van der Waals surface area contributed by atoms with Crippen molar-refractivity contribution in [2.45, 2.75) is 13.3 Å². The zero-order valence-corrected chi connectivity index (χ0v) is 10.5. The molecule has 0 heterocycles. The Bertz CT molecular complexity index is 431. The number of carboxylic acids is 1. The molecular weight excluding hydrogens is 234 g/mol. The van der Waals surface area contributed by atoms with Crippen LogP contribution in [-0.4, -0.2) is 42.1 Å². The van der Waals surface area contributed by atoms with Gasteiger partial charge in [-0.05, 0) is 24.6 Å². The third kappa shape index (κ3) is 4.08. The zero-order valence-electron chi connectivity index (χ0n) is 10.5. The number of methoxy groups -OCH3 is 1. The number of hydrogen-bond acceptors (Lipinski definition) is 3. The maximum Gasteiger partial charge on any atom is 0.323 e. The summed E-state index contributed by atoms with van der Waals surface area (Å²) in [7, 11) is 1.56. The molecule has 0 saturated carbocycles. The van der Waals surface area contributed by atoms with Gasteiger partial charge in [0.25, 0.3) is 0 Å². The number of rotatable bonds is 6. The Labute approximate surface area is 106 Å². The van der Waals surface area contributed by atoms with Gasteiger partial charge in [0, 0.05) is 6.54 Å². The molecule has 0 fully saturated rings. The van der Waals surface area contributed by atoms with Crippen LogP contribution in [0.4, 0.5) is 0 Å². The summed E-state index contributed by atoms with van der Waals surface area (Å²) in [5.74, 6) is -0.523. The Kier molecular flexibility index (Phi) is 5.17. The minimum absolute atomic E-state index is 0.179. The molecule has 1 aromatic carbocycles. The molecule has 5 heteroatoms. The van der Waals surface area contributed by atoms with Crippen molar-refractivity contribution < 1.29 is 19.4 Å². The molecule has 0 spiro atoms. The lowest BCUT2D eigenvalue weighted by Gasteiger charge is -2.18. The van der Waals surface area contributed by atoms with Gasteiger partial charge >= 0.3 is 5.97 Å². The normalized spacial score (nSPS) is 9.89. The Balaban J connectivity index is 2.69. The molecule has 0 aliphatic heterocycles. The topological polar surface area (TPSA) is 66.8 Å². The van der Waals surface area contributed by atoms with E-state index in [-0.39, 0.29) is 18.9 Å². The van der Waals surface area contributed by atoms with Gasteiger partial charge in [0.15, 0.2) is 0 Å². The molecule has 0 aliphatic carbocycles. The molecule has 0 aliphatic rings. The second-order valence-electron chi connectivity index (χ2n) is 3.83.